The first kappa shape index (κ1) is 25.0. The lowest BCUT2D eigenvalue weighted by Gasteiger charge is -2.27. The number of nitrogens with zero attached hydrogens (tertiary/aromatic N) is 3. The number of nitrogens with one attached hydrogen (secondary N) is 1. The topological polar surface area (TPSA) is 117 Å². The van der Waals surface area contributed by atoms with Gasteiger partial charge in [-0.1, -0.05) is 51.2 Å². The number of rotatable bonds is 8. The van der Waals surface area contributed by atoms with E-state index in [1.165, 1.54) is 10.4 Å². The van der Waals surface area contributed by atoms with Gasteiger partial charge in [0, 0.05) is 13.1 Å². The lowest BCUT2D eigenvalue weighted by atomic mass is 10.0. The zero-order chi connectivity index (χ0) is 25.5. The highest BCUT2D eigenvalue weighted by molar-refractivity contribution is 7.89. The maximum Gasteiger partial charge on any atom is 0.262 e. The molecule has 0 saturated carbocycles. The first-order valence-electron chi connectivity index (χ1n) is 11.3. The molecular formula is C24H26N4O5S2. The van der Waals surface area contributed by atoms with Gasteiger partial charge in [-0.25, -0.2) is 13.4 Å². The summed E-state index contributed by atoms with van der Waals surface area (Å²) in [5.74, 6) is -1.90. The number of thiazole rings is 1. The molecule has 184 valence electrons. The van der Waals surface area contributed by atoms with Crippen molar-refractivity contribution in [2.24, 2.45) is 5.92 Å². The Morgan fingerprint density at radius 1 is 1.06 bits per heavy atom. The van der Waals surface area contributed by atoms with E-state index in [4.69, 9.17) is 0 Å². The number of hydrogen-bond donors (Lipinski definition) is 1. The minimum Gasteiger partial charge on any atom is -0.300 e. The highest BCUT2D eigenvalue weighted by Gasteiger charge is 2.44. The van der Waals surface area contributed by atoms with Crippen molar-refractivity contribution in [1.29, 1.82) is 0 Å². The summed E-state index contributed by atoms with van der Waals surface area (Å²) in [5, 5.41) is 2.98. The van der Waals surface area contributed by atoms with Crippen LogP contribution in [0.1, 0.15) is 48.4 Å². The Balaban J connectivity index is 1.61. The molecule has 2 heterocycles. The van der Waals surface area contributed by atoms with Gasteiger partial charge in [-0.2, -0.15) is 4.31 Å². The molecule has 3 aromatic rings. The van der Waals surface area contributed by atoms with Crippen LogP contribution >= 0.6 is 11.3 Å². The number of hydrogen-bond acceptors (Lipinski definition) is 7. The number of fused-ring (bicyclic) bond motifs is 2. The predicted octanol–water partition coefficient (Wildman–Crippen LogP) is 3.59. The van der Waals surface area contributed by atoms with E-state index in [9.17, 15) is 22.8 Å². The van der Waals surface area contributed by atoms with Crippen molar-refractivity contribution in [2.45, 2.75) is 38.6 Å². The van der Waals surface area contributed by atoms with Crippen LogP contribution in [0.15, 0.2) is 47.4 Å². The van der Waals surface area contributed by atoms with Crippen molar-refractivity contribution in [2.75, 3.05) is 18.4 Å². The molecule has 2 aromatic carbocycles. The van der Waals surface area contributed by atoms with Crippen molar-refractivity contribution in [3.8, 4) is 0 Å². The molecule has 1 aromatic heterocycles. The lowest BCUT2D eigenvalue weighted by Crippen LogP contribution is -2.50. The third-order valence-electron chi connectivity index (χ3n) is 5.94. The molecule has 0 bridgehead atoms. The SMILES string of the molecule is CCN(CC)S(=O)(=O)c1ccc2nc(NC(=O)C(C(C)C)N3C(=O)c4ccccc4C3=O)sc2c1. The van der Waals surface area contributed by atoms with E-state index in [-0.39, 0.29) is 27.1 Å². The minimum absolute atomic E-state index is 0.154. The molecule has 11 heteroatoms. The van der Waals surface area contributed by atoms with Crippen LogP contribution in [0.4, 0.5) is 5.13 Å². The van der Waals surface area contributed by atoms with Gasteiger partial charge in [0.25, 0.3) is 11.8 Å². The van der Waals surface area contributed by atoms with E-state index in [1.807, 2.05) is 0 Å². The monoisotopic (exact) mass is 514 g/mol. The summed E-state index contributed by atoms with van der Waals surface area (Å²) in [6.07, 6.45) is 0. The number of sulfonamides is 1. The first-order chi connectivity index (χ1) is 16.6. The molecule has 1 aliphatic rings. The van der Waals surface area contributed by atoms with E-state index in [0.717, 1.165) is 16.2 Å². The van der Waals surface area contributed by atoms with Gasteiger partial charge < -0.3 is 5.32 Å². The normalized spacial score (nSPS) is 14.7. The van der Waals surface area contributed by atoms with Gasteiger partial charge in [-0.3, -0.25) is 19.3 Å². The molecule has 1 aliphatic heterocycles. The van der Waals surface area contributed by atoms with Crippen LogP contribution in [0.2, 0.25) is 0 Å². The largest absolute Gasteiger partial charge is 0.300 e. The zero-order valence-corrected chi connectivity index (χ0v) is 21.4. The number of anilines is 1. The molecule has 0 fully saturated rings. The molecule has 0 saturated heterocycles. The second kappa shape index (κ2) is 9.48. The van der Waals surface area contributed by atoms with Crippen molar-refractivity contribution in [1.82, 2.24) is 14.2 Å². The molecule has 3 amide bonds. The maximum absolute atomic E-state index is 13.3. The van der Waals surface area contributed by atoms with Crippen molar-refractivity contribution < 1.29 is 22.8 Å². The quantitative estimate of drug-likeness (QED) is 0.459. The molecular weight excluding hydrogens is 488 g/mol. The molecule has 1 N–H and O–H groups in total. The Bertz CT molecular complexity index is 1390. The second-order valence-corrected chi connectivity index (χ2v) is 11.4. The highest BCUT2D eigenvalue weighted by atomic mass is 32.2. The smallest absolute Gasteiger partial charge is 0.262 e. The standard InChI is InChI=1S/C24H26N4O5S2/c1-5-27(6-2)35(32,33)15-11-12-18-19(13-15)34-24(25-18)26-21(29)20(14(3)4)28-22(30)16-9-7-8-10-17(16)23(28)31/h7-14,20H,5-6H2,1-4H3,(H,25,26,29). The Labute approximate surface area is 207 Å². The summed E-state index contributed by atoms with van der Waals surface area (Å²) < 4.78 is 27.7. The molecule has 1 atom stereocenters. The first-order valence-corrected chi connectivity index (χ1v) is 13.5. The Morgan fingerprint density at radius 2 is 1.66 bits per heavy atom. The van der Waals surface area contributed by atoms with E-state index in [0.29, 0.717) is 23.3 Å². The zero-order valence-electron chi connectivity index (χ0n) is 19.8. The fraction of sp³-hybridized carbons (Fsp3) is 0.333. The van der Waals surface area contributed by atoms with Crippen molar-refractivity contribution in [3.63, 3.8) is 0 Å². The number of benzene rings is 2. The van der Waals surface area contributed by atoms with Gasteiger partial charge in [0.1, 0.15) is 6.04 Å². The molecule has 0 radical (unpaired) electrons. The van der Waals surface area contributed by atoms with Crippen LogP contribution in [-0.2, 0) is 14.8 Å². The van der Waals surface area contributed by atoms with Gasteiger partial charge in [-0.05, 0) is 36.2 Å². The van der Waals surface area contributed by atoms with Gasteiger partial charge in [0.2, 0.25) is 15.9 Å². The van der Waals surface area contributed by atoms with E-state index >= 15 is 0 Å². The number of aromatic nitrogens is 1. The van der Waals surface area contributed by atoms with Crippen LogP contribution in [0.25, 0.3) is 10.2 Å². The summed E-state index contributed by atoms with van der Waals surface area (Å²) in [6, 6.07) is 10.1. The number of carbonyl (C=O) groups excluding carboxylic acids is 3. The summed E-state index contributed by atoms with van der Waals surface area (Å²) in [5.41, 5.74) is 1.08. The molecule has 35 heavy (non-hydrogen) atoms. The minimum atomic E-state index is -3.64. The number of imide groups is 1. The third kappa shape index (κ3) is 4.35. The van der Waals surface area contributed by atoms with Gasteiger partial charge in [0.15, 0.2) is 5.13 Å². The number of carbonyl (C=O) groups is 3. The predicted molar refractivity (Wildman–Crippen MR) is 134 cm³/mol. The molecule has 4 rings (SSSR count). The maximum atomic E-state index is 13.3. The summed E-state index contributed by atoms with van der Waals surface area (Å²) in [6.45, 7) is 7.79. The Hall–Kier alpha value is -3.15. The van der Waals surface area contributed by atoms with Crippen molar-refractivity contribution >= 4 is 54.4 Å². The van der Waals surface area contributed by atoms with Crippen LogP contribution < -0.4 is 5.32 Å². The molecule has 9 nitrogen and oxygen atoms in total. The molecule has 1 unspecified atom stereocenters. The van der Waals surface area contributed by atoms with Crippen LogP contribution in [0.3, 0.4) is 0 Å². The van der Waals surface area contributed by atoms with Gasteiger partial charge >= 0.3 is 0 Å². The summed E-state index contributed by atoms with van der Waals surface area (Å²) in [4.78, 5) is 44.7. The number of amides is 3. The fourth-order valence-electron chi connectivity index (χ4n) is 4.19. The van der Waals surface area contributed by atoms with Gasteiger partial charge in [0.05, 0.1) is 26.2 Å². The van der Waals surface area contributed by atoms with E-state index in [2.05, 4.69) is 10.3 Å². The van der Waals surface area contributed by atoms with E-state index in [1.54, 1.807) is 64.1 Å². The molecule has 0 aliphatic carbocycles. The van der Waals surface area contributed by atoms with E-state index < -0.39 is 33.8 Å². The van der Waals surface area contributed by atoms with Crippen LogP contribution in [-0.4, -0.2) is 59.5 Å². The Morgan fingerprint density at radius 3 is 2.20 bits per heavy atom. The average molecular weight is 515 g/mol. The lowest BCUT2D eigenvalue weighted by molar-refractivity contribution is -0.121. The average Bonchev–Trinajstić information content (AvgIpc) is 3.33. The fourth-order valence-corrected chi connectivity index (χ4v) is 6.66. The molecule has 0 spiro atoms. The second-order valence-electron chi connectivity index (χ2n) is 8.44. The van der Waals surface area contributed by atoms with Gasteiger partial charge in [-0.15, -0.1) is 0 Å². The Kier molecular flexibility index (Phi) is 6.76. The van der Waals surface area contributed by atoms with Crippen LogP contribution in [0.5, 0.6) is 0 Å². The van der Waals surface area contributed by atoms with Crippen LogP contribution in [0, 0.1) is 5.92 Å². The highest BCUT2D eigenvalue weighted by Crippen LogP contribution is 2.31. The summed E-state index contributed by atoms with van der Waals surface area (Å²) in [7, 11) is -3.64. The van der Waals surface area contributed by atoms with Crippen molar-refractivity contribution in [3.05, 3.63) is 53.6 Å². The third-order valence-corrected chi connectivity index (χ3v) is 8.92. The summed E-state index contributed by atoms with van der Waals surface area (Å²) >= 11 is 1.13.